The van der Waals surface area contributed by atoms with Gasteiger partial charge in [-0.1, -0.05) is 6.07 Å². The van der Waals surface area contributed by atoms with Crippen LogP contribution in [0, 0.1) is 0 Å². The fraction of sp³-hybridized carbons (Fsp3) is 0.600. The van der Waals surface area contributed by atoms with E-state index in [1.165, 1.54) is 11.3 Å². The van der Waals surface area contributed by atoms with E-state index in [0.717, 1.165) is 25.4 Å². The molecule has 1 N–H and O–H groups in total. The monoisotopic (exact) mass is 264 g/mol. The number of anilines is 1. The van der Waals surface area contributed by atoms with Gasteiger partial charge in [-0.3, -0.25) is 0 Å². The summed E-state index contributed by atoms with van der Waals surface area (Å²) in [4.78, 5) is 2.32. The SMILES string of the molecule is CNC(C)c1c(OC)cccc1N(C)C1CCOC1. The van der Waals surface area contributed by atoms with E-state index in [0.29, 0.717) is 6.04 Å². The second kappa shape index (κ2) is 6.26. The molecule has 0 aromatic heterocycles. The topological polar surface area (TPSA) is 33.7 Å². The van der Waals surface area contributed by atoms with Crippen molar-refractivity contribution >= 4 is 5.69 Å². The molecule has 0 bridgehead atoms. The van der Waals surface area contributed by atoms with Gasteiger partial charge in [-0.25, -0.2) is 0 Å². The third-order valence-corrected chi connectivity index (χ3v) is 3.96. The molecule has 1 aromatic carbocycles. The minimum absolute atomic E-state index is 0.246. The molecule has 2 atom stereocenters. The first-order chi connectivity index (χ1) is 9.19. The lowest BCUT2D eigenvalue weighted by molar-refractivity contribution is 0.193. The zero-order valence-corrected chi connectivity index (χ0v) is 12.3. The van der Waals surface area contributed by atoms with Gasteiger partial charge < -0.3 is 19.7 Å². The van der Waals surface area contributed by atoms with Crippen molar-refractivity contribution in [3.8, 4) is 5.75 Å². The molecule has 2 unspecified atom stereocenters. The van der Waals surface area contributed by atoms with E-state index < -0.39 is 0 Å². The largest absolute Gasteiger partial charge is 0.496 e. The summed E-state index contributed by atoms with van der Waals surface area (Å²) in [5, 5.41) is 3.30. The van der Waals surface area contributed by atoms with E-state index in [9.17, 15) is 0 Å². The number of likely N-dealkylation sites (N-methyl/N-ethyl adjacent to an activating group) is 1. The van der Waals surface area contributed by atoms with Crippen LogP contribution in [0.5, 0.6) is 5.75 Å². The van der Waals surface area contributed by atoms with Gasteiger partial charge in [0.15, 0.2) is 0 Å². The maximum Gasteiger partial charge on any atom is 0.125 e. The summed E-state index contributed by atoms with van der Waals surface area (Å²) in [6.07, 6.45) is 1.08. The molecule has 19 heavy (non-hydrogen) atoms. The Morgan fingerprint density at radius 2 is 2.26 bits per heavy atom. The molecule has 0 spiro atoms. The van der Waals surface area contributed by atoms with Gasteiger partial charge in [-0.05, 0) is 32.5 Å². The molecule has 1 aromatic rings. The molecule has 106 valence electrons. The van der Waals surface area contributed by atoms with E-state index in [2.05, 4.69) is 30.3 Å². The van der Waals surface area contributed by atoms with E-state index in [1.54, 1.807) is 7.11 Å². The highest BCUT2D eigenvalue weighted by atomic mass is 16.5. The summed E-state index contributed by atoms with van der Waals surface area (Å²) < 4.78 is 11.0. The summed E-state index contributed by atoms with van der Waals surface area (Å²) in [5.41, 5.74) is 2.43. The Hall–Kier alpha value is -1.26. The van der Waals surface area contributed by atoms with Gasteiger partial charge in [0, 0.05) is 30.9 Å². The number of hydrogen-bond acceptors (Lipinski definition) is 4. The predicted octanol–water partition coefficient (Wildman–Crippen LogP) is 2.20. The molecular weight excluding hydrogens is 240 g/mol. The number of benzene rings is 1. The molecule has 2 rings (SSSR count). The maximum atomic E-state index is 5.52. The van der Waals surface area contributed by atoms with Gasteiger partial charge >= 0.3 is 0 Å². The van der Waals surface area contributed by atoms with Crippen molar-refractivity contribution in [2.45, 2.75) is 25.4 Å². The molecule has 1 aliphatic rings. The normalized spacial score (nSPS) is 20.3. The van der Waals surface area contributed by atoms with Crippen molar-refractivity contribution in [3.63, 3.8) is 0 Å². The van der Waals surface area contributed by atoms with Gasteiger partial charge in [0.25, 0.3) is 0 Å². The third kappa shape index (κ3) is 2.85. The first kappa shape index (κ1) is 14.2. The van der Waals surface area contributed by atoms with Crippen LogP contribution in [0.15, 0.2) is 18.2 Å². The van der Waals surface area contributed by atoms with Crippen molar-refractivity contribution in [1.82, 2.24) is 5.32 Å². The lowest BCUT2D eigenvalue weighted by atomic mass is 10.0. The van der Waals surface area contributed by atoms with Gasteiger partial charge in [0.05, 0.1) is 19.8 Å². The molecule has 0 aliphatic carbocycles. The van der Waals surface area contributed by atoms with Gasteiger partial charge in [-0.2, -0.15) is 0 Å². The van der Waals surface area contributed by atoms with Gasteiger partial charge in [0.1, 0.15) is 5.75 Å². The van der Waals surface area contributed by atoms with Gasteiger partial charge in [0.2, 0.25) is 0 Å². The molecular formula is C15H24N2O2. The van der Waals surface area contributed by atoms with Crippen LogP contribution in [0.2, 0.25) is 0 Å². The second-order valence-corrected chi connectivity index (χ2v) is 5.03. The van der Waals surface area contributed by atoms with E-state index in [-0.39, 0.29) is 6.04 Å². The summed E-state index contributed by atoms with van der Waals surface area (Å²) in [6.45, 7) is 3.82. The number of nitrogens with zero attached hydrogens (tertiary/aromatic N) is 1. The number of hydrogen-bond donors (Lipinski definition) is 1. The Kier molecular flexibility index (Phi) is 4.66. The van der Waals surface area contributed by atoms with Crippen molar-refractivity contribution < 1.29 is 9.47 Å². The zero-order valence-electron chi connectivity index (χ0n) is 12.3. The lowest BCUT2D eigenvalue weighted by Gasteiger charge is -2.30. The standard InChI is InChI=1S/C15H24N2O2/c1-11(16-2)15-13(6-5-7-14(15)18-4)17(3)12-8-9-19-10-12/h5-7,11-12,16H,8-10H2,1-4H3. The second-order valence-electron chi connectivity index (χ2n) is 5.03. The van der Waals surface area contributed by atoms with Gasteiger partial charge in [-0.15, -0.1) is 0 Å². The highest BCUT2D eigenvalue weighted by Crippen LogP contribution is 2.35. The molecule has 1 saturated heterocycles. The molecule has 4 nitrogen and oxygen atoms in total. The molecule has 0 radical (unpaired) electrons. The predicted molar refractivity (Wildman–Crippen MR) is 78.1 cm³/mol. The fourth-order valence-electron chi connectivity index (χ4n) is 2.62. The molecule has 4 heteroatoms. The Labute approximate surface area is 115 Å². The highest BCUT2D eigenvalue weighted by molar-refractivity contribution is 5.61. The highest BCUT2D eigenvalue weighted by Gasteiger charge is 2.24. The Bertz CT molecular complexity index is 417. The summed E-state index contributed by atoms with van der Waals surface area (Å²) in [7, 11) is 5.84. The number of rotatable bonds is 5. The van der Waals surface area contributed by atoms with Crippen LogP contribution >= 0.6 is 0 Å². The Morgan fingerprint density at radius 3 is 2.84 bits per heavy atom. The molecule has 0 saturated carbocycles. The van der Waals surface area contributed by atoms with Crippen LogP contribution < -0.4 is 15.0 Å². The molecule has 1 aliphatic heterocycles. The zero-order chi connectivity index (χ0) is 13.8. The first-order valence-corrected chi connectivity index (χ1v) is 6.83. The number of nitrogens with one attached hydrogen (secondary N) is 1. The average molecular weight is 264 g/mol. The summed E-state index contributed by atoms with van der Waals surface area (Å²) in [5.74, 6) is 0.935. The lowest BCUT2D eigenvalue weighted by Crippen LogP contribution is -2.33. The fourth-order valence-corrected chi connectivity index (χ4v) is 2.62. The minimum atomic E-state index is 0.246. The Balaban J connectivity index is 2.37. The van der Waals surface area contributed by atoms with Crippen LogP contribution in [-0.4, -0.2) is 40.5 Å². The van der Waals surface area contributed by atoms with E-state index >= 15 is 0 Å². The quantitative estimate of drug-likeness (QED) is 0.884. The summed E-state index contributed by atoms with van der Waals surface area (Å²) in [6, 6.07) is 6.92. The van der Waals surface area contributed by atoms with E-state index in [4.69, 9.17) is 9.47 Å². The van der Waals surface area contributed by atoms with Crippen molar-refractivity contribution in [3.05, 3.63) is 23.8 Å². The maximum absolute atomic E-state index is 5.52. The Morgan fingerprint density at radius 1 is 1.47 bits per heavy atom. The third-order valence-electron chi connectivity index (χ3n) is 3.96. The van der Waals surface area contributed by atoms with Crippen LogP contribution in [0.1, 0.15) is 24.9 Å². The smallest absolute Gasteiger partial charge is 0.125 e. The average Bonchev–Trinajstić information content (AvgIpc) is 2.98. The first-order valence-electron chi connectivity index (χ1n) is 6.83. The minimum Gasteiger partial charge on any atom is -0.496 e. The van der Waals surface area contributed by atoms with Crippen molar-refractivity contribution in [1.29, 1.82) is 0 Å². The molecule has 1 heterocycles. The van der Waals surface area contributed by atoms with Crippen LogP contribution in [0.25, 0.3) is 0 Å². The molecule has 0 amide bonds. The van der Waals surface area contributed by atoms with Crippen molar-refractivity contribution in [2.75, 3.05) is 39.3 Å². The number of methoxy groups -OCH3 is 1. The van der Waals surface area contributed by atoms with Crippen molar-refractivity contribution in [2.24, 2.45) is 0 Å². The van der Waals surface area contributed by atoms with Crippen LogP contribution in [0.3, 0.4) is 0 Å². The number of ether oxygens (including phenoxy) is 2. The van der Waals surface area contributed by atoms with Crippen LogP contribution in [0.4, 0.5) is 5.69 Å². The summed E-state index contributed by atoms with van der Waals surface area (Å²) >= 11 is 0. The molecule has 1 fully saturated rings. The van der Waals surface area contributed by atoms with E-state index in [1.807, 2.05) is 19.2 Å². The van der Waals surface area contributed by atoms with Crippen LogP contribution in [-0.2, 0) is 4.74 Å².